The average molecular weight is 388 g/mol. The Balaban J connectivity index is 2.02. The average Bonchev–Trinajstić information content (AvgIpc) is 2.52. The summed E-state index contributed by atoms with van der Waals surface area (Å²) in [4.78, 5) is 23.5. The minimum absolute atomic E-state index is 0.0610. The van der Waals surface area contributed by atoms with E-state index in [9.17, 15) is 9.59 Å². The van der Waals surface area contributed by atoms with Crippen LogP contribution < -0.4 is 10.6 Å². The van der Waals surface area contributed by atoms with E-state index in [0.717, 1.165) is 0 Å². The number of hydrogen-bond donors (Lipinski definition) is 2. The van der Waals surface area contributed by atoms with Gasteiger partial charge in [-0.15, -0.1) is 0 Å². The van der Waals surface area contributed by atoms with E-state index in [4.69, 9.17) is 34.8 Å². The number of hydrogen-bond acceptors (Lipinski definition) is 4. The van der Waals surface area contributed by atoms with Crippen molar-refractivity contribution in [3.8, 4) is 0 Å². The maximum Gasteiger partial charge on any atom is 0.337 e. The summed E-state index contributed by atoms with van der Waals surface area (Å²) in [5, 5.41) is 6.73. The summed E-state index contributed by atoms with van der Waals surface area (Å²) in [7, 11) is 1.29. The van der Waals surface area contributed by atoms with Gasteiger partial charge in [-0.3, -0.25) is 4.79 Å². The third-order valence-corrected chi connectivity index (χ3v) is 3.74. The number of esters is 1. The van der Waals surface area contributed by atoms with Crippen LogP contribution in [0.15, 0.2) is 36.4 Å². The van der Waals surface area contributed by atoms with Crippen molar-refractivity contribution in [2.75, 3.05) is 24.3 Å². The van der Waals surface area contributed by atoms with E-state index in [1.807, 2.05) is 0 Å². The molecule has 2 aromatic carbocycles. The number of amides is 1. The van der Waals surface area contributed by atoms with Gasteiger partial charge in [0.25, 0.3) is 0 Å². The molecule has 0 aliphatic heterocycles. The summed E-state index contributed by atoms with van der Waals surface area (Å²) in [5.74, 6) is -0.819. The molecule has 0 aliphatic rings. The lowest BCUT2D eigenvalue weighted by Gasteiger charge is -2.11. The smallest absolute Gasteiger partial charge is 0.337 e. The second-order valence-corrected chi connectivity index (χ2v) is 6.03. The fourth-order valence-electron chi connectivity index (χ4n) is 1.91. The number of nitrogens with one attached hydrogen (secondary N) is 2. The van der Waals surface area contributed by atoms with Gasteiger partial charge in [0.15, 0.2) is 0 Å². The number of anilines is 2. The first-order valence-corrected chi connectivity index (χ1v) is 7.90. The van der Waals surface area contributed by atoms with Crippen LogP contribution in [-0.4, -0.2) is 25.5 Å². The molecule has 0 unspecified atom stereocenters. The first-order valence-electron chi connectivity index (χ1n) is 6.76. The van der Waals surface area contributed by atoms with Crippen LogP contribution >= 0.6 is 34.8 Å². The molecule has 0 radical (unpaired) electrons. The summed E-state index contributed by atoms with van der Waals surface area (Å²) in [6.07, 6.45) is 0. The van der Waals surface area contributed by atoms with Crippen molar-refractivity contribution >= 4 is 58.1 Å². The summed E-state index contributed by atoms with van der Waals surface area (Å²) >= 11 is 17.8. The van der Waals surface area contributed by atoms with E-state index in [0.29, 0.717) is 32.0 Å². The van der Waals surface area contributed by atoms with Gasteiger partial charge in [0.1, 0.15) is 0 Å². The van der Waals surface area contributed by atoms with E-state index < -0.39 is 5.97 Å². The lowest BCUT2D eigenvalue weighted by molar-refractivity contribution is -0.114. The van der Waals surface area contributed by atoms with Crippen molar-refractivity contribution in [2.24, 2.45) is 0 Å². The highest BCUT2D eigenvalue weighted by molar-refractivity contribution is 6.35. The molecule has 0 spiro atoms. The molecule has 0 saturated heterocycles. The van der Waals surface area contributed by atoms with Gasteiger partial charge in [0.05, 0.1) is 29.9 Å². The molecule has 0 aliphatic carbocycles. The standard InChI is InChI=1S/C16H13Cl3N2O3/c1-24-16(23)9-2-3-13(19)14(4-9)20-8-15(22)21-12-6-10(17)5-11(18)7-12/h2-7,20H,8H2,1H3,(H,21,22). The second-order valence-electron chi connectivity index (χ2n) is 4.75. The molecule has 2 aromatic rings. The number of benzene rings is 2. The molecule has 2 rings (SSSR count). The van der Waals surface area contributed by atoms with Crippen LogP contribution in [0.1, 0.15) is 10.4 Å². The topological polar surface area (TPSA) is 67.4 Å². The molecule has 0 fully saturated rings. The van der Waals surface area contributed by atoms with Crippen molar-refractivity contribution in [3.63, 3.8) is 0 Å². The quantitative estimate of drug-likeness (QED) is 0.742. The van der Waals surface area contributed by atoms with Crippen molar-refractivity contribution in [1.82, 2.24) is 0 Å². The van der Waals surface area contributed by atoms with E-state index >= 15 is 0 Å². The van der Waals surface area contributed by atoms with Crippen LogP contribution in [-0.2, 0) is 9.53 Å². The summed E-state index contributed by atoms with van der Waals surface area (Å²) in [6, 6.07) is 9.32. The second kappa shape index (κ2) is 8.24. The van der Waals surface area contributed by atoms with Gasteiger partial charge in [-0.1, -0.05) is 34.8 Å². The SMILES string of the molecule is COC(=O)c1ccc(Cl)c(NCC(=O)Nc2cc(Cl)cc(Cl)c2)c1. The van der Waals surface area contributed by atoms with Gasteiger partial charge in [0, 0.05) is 15.7 Å². The summed E-state index contributed by atoms with van der Waals surface area (Å²) in [6.45, 7) is -0.0610. The highest BCUT2D eigenvalue weighted by Crippen LogP contribution is 2.24. The number of carbonyl (C=O) groups is 2. The molecule has 0 saturated carbocycles. The molecule has 1 amide bonds. The molecule has 0 aromatic heterocycles. The predicted octanol–water partition coefficient (Wildman–Crippen LogP) is 4.48. The fraction of sp³-hybridized carbons (Fsp3) is 0.125. The van der Waals surface area contributed by atoms with Crippen LogP contribution in [0.2, 0.25) is 15.1 Å². The van der Waals surface area contributed by atoms with Gasteiger partial charge in [0.2, 0.25) is 5.91 Å². The molecule has 24 heavy (non-hydrogen) atoms. The van der Waals surface area contributed by atoms with Gasteiger partial charge in [-0.2, -0.15) is 0 Å². The molecule has 0 heterocycles. The van der Waals surface area contributed by atoms with Crippen LogP contribution in [0.25, 0.3) is 0 Å². The highest BCUT2D eigenvalue weighted by atomic mass is 35.5. The largest absolute Gasteiger partial charge is 0.465 e. The van der Waals surface area contributed by atoms with Crippen LogP contribution in [0.4, 0.5) is 11.4 Å². The van der Waals surface area contributed by atoms with Crippen molar-refractivity contribution in [1.29, 1.82) is 0 Å². The monoisotopic (exact) mass is 386 g/mol. The maximum absolute atomic E-state index is 12.0. The van der Waals surface area contributed by atoms with Crippen LogP contribution in [0.3, 0.4) is 0 Å². The van der Waals surface area contributed by atoms with E-state index in [-0.39, 0.29) is 12.5 Å². The minimum Gasteiger partial charge on any atom is -0.465 e. The zero-order chi connectivity index (χ0) is 17.7. The van der Waals surface area contributed by atoms with Gasteiger partial charge in [-0.05, 0) is 36.4 Å². The molecular formula is C16H13Cl3N2O3. The summed E-state index contributed by atoms with van der Waals surface area (Å²) < 4.78 is 4.64. The Morgan fingerprint density at radius 1 is 1.04 bits per heavy atom. The van der Waals surface area contributed by atoms with E-state index in [1.54, 1.807) is 24.3 Å². The fourth-order valence-corrected chi connectivity index (χ4v) is 2.62. The molecule has 0 atom stereocenters. The normalized spacial score (nSPS) is 10.2. The van der Waals surface area contributed by atoms with E-state index in [1.165, 1.54) is 19.2 Å². The van der Waals surface area contributed by atoms with Crippen molar-refractivity contribution in [2.45, 2.75) is 0 Å². The Bertz CT molecular complexity index is 761. The molecular weight excluding hydrogens is 375 g/mol. The zero-order valence-electron chi connectivity index (χ0n) is 12.5. The minimum atomic E-state index is -0.493. The third-order valence-electron chi connectivity index (χ3n) is 2.97. The van der Waals surface area contributed by atoms with Crippen molar-refractivity contribution in [3.05, 3.63) is 57.0 Å². The number of ether oxygens (including phenoxy) is 1. The van der Waals surface area contributed by atoms with Crippen LogP contribution in [0.5, 0.6) is 0 Å². The lowest BCUT2D eigenvalue weighted by atomic mass is 10.2. The Morgan fingerprint density at radius 2 is 1.71 bits per heavy atom. The Labute approximate surface area is 153 Å². The highest BCUT2D eigenvalue weighted by Gasteiger charge is 2.10. The zero-order valence-corrected chi connectivity index (χ0v) is 14.8. The molecule has 8 heteroatoms. The molecule has 2 N–H and O–H groups in total. The van der Waals surface area contributed by atoms with Gasteiger partial charge >= 0.3 is 5.97 Å². The number of methoxy groups -OCH3 is 1. The first-order chi connectivity index (χ1) is 11.4. The molecule has 126 valence electrons. The Morgan fingerprint density at radius 3 is 2.33 bits per heavy atom. The van der Waals surface area contributed by atoms with Gasteiger partial charge in [-0.25, -0.2) is 4.79 Å². The maximum atomic E-state index is 12.0. The Kier molecular flexibility index (Phi) is 6.31. The number of rotatable bonds is 5. The van der Waals surface area contributed by atoms with Crippen molar-refractivity contribution < 1.29 is 14.3 Å². The number of halogens is 3. The predicted molar refractivity (Wildman–Crippen MR) is 96.4 cm³/mol. The first kappa shape index (κ1) is 18.4. The molecule has 0 bridgehead atoms. The van der Waals surface area contributed by atoms with Gasteiger partial charge < -0.3 is 15.4 Å². The number of carbonyl (C=O) groups excluding carboxylic acids is 2. The Hall–Kier alpha value is -1.95. The molecule has 5 nitrogen and oxygen atoms in total. The third kappa shape index (κ3) is 5.03. The van der Waals surface area contributed by atoms with E-state index in [2.05, 4.69) is 15.4 Å². The lowest BCUT2D eigenvalue weighted by Crippen LogP contribution is -2.22. The summed E-state index contributed by atoms with van der Waals surface area (Å²) in [5.41, 5.74) is 1.25. The van der Waals surface area contributed by atoms with Crippen LogP contribution in [0, 0.1) is 0 Å².